The maximum atomic E-state index is 12.0. The first-order chi connectivity index (χ1) is 14.0. The highest BCUT2D eigenvalue weighted by Gasteiger charge is 2.19. The van der Waals surface area contributed by atoms with Gasteiger partial charge in [-0.1, -0.05) is 12.1 Å². The molecule has 1 aromatic heterocycles. The molecule has 3 aromatic rings. The second kappa shape index (κ2) is 8.39. The van der Waals surface area contributed by atoms with Crippen LogP contribution in [0.5, 0.6) is 5.75 Å². The van der Waals surface area contributed by atoms with Gasteiger partial charge in [0, 0.05) is 50.7 Å². The molecule has 4 rings (SSSR count). The Balaban J connectivity index is 1.42. The first-order valence-electron chi connectivity index (χ1n) is 10.1. The van der Waals surface area contributed by atoms with Gasteiger partial charge in [0.05, 0.1) is 7.11 Å². The zero-order chi connectivity index (χ0) is 20.4. The molecule has 0 unspecified atom stereocenters. The lowest BCUT2D eigenvalue weighted by Gasteiger charge is -2.34. The molecule has 0 saturated carbocycles. The maximum Gasteiger partial charge on any atom is 0.336 e. The summed E-state index contributed by atoms with van der Waals surface area (Å²) in [5.74, 6) is 0.892. The van der Waals surface area contributed by atoms with Crippen LogP contribution in [0.25, 0.3) is 11.0 Å². The van der Waals surface area contributed by atoms with Gasteiger partial charge in [0.15, 0.2) is 0 Å². The van der Waals surface area contributed by atoms with Crippen LogP contribution in [0.4, 0.5) is 0 Å². The van der Waals surface area contributed by atoms with E-state index in [2.05, 4.69) is 34.9 Å². The molecule has 1 fully saturated rings. The van der Waals surface area contributed by atoms with E-state index < -0.39 is 0 Å². The topological polar surface area (TPSA) is 45.9 Å². The third-order valence-corrected chi connectivity index (χ3v) is 5.87. The number of benzene rings is 2. The van der Waals surface area contributed by atoms with E-state index in [0.29, 0.717) is 5.58 Å². The molecule has 1 aliphatic heterocycles. The van der Waals surface area contributed by atoms with Gasteiger partial charge in [-0.3, -0.25) is 9.80 Å². The van der Waals surface area contributed by atoms with Crippen LogP contribution in [0, 0.1) is 13.8 Å². The highest BCUT2D eigenvalue weighted by atomic mass is 16.5. The van der Waals surface area contributed by atoms with Crippen molar-refractivity contribution in [3.05, 3.63) is 75.1 Å². The molecule has 0 radical (unpaired) electrons. The number of hydrogen-bond donors (Lipinski definition) is 0. The van der Waals surface area contributed by atoms with Gasteiger partial charge in [-0.15, -0.1) is 0 Å². The molecular formula is C24H28N2O3. The average molecular weight is 392 g/mol. The van der Waals surface area contributed by atoms with E-state index >= 15 is 0 Å². The predicted octanol–water partition coefficient (Wildman–Crippen LogP) is 3.74. The molecule has 1 saturated heterocycles. The fourth-order valence-corrected chi connectivity index (χ4v) is 3.95. The Hall–Kier alpha value is -2.63. The summed E-state index contributed by atoms with van der Waals surface area (Å²) in [7, 11) is 1.69. The standard InChI is InChI=1S/C24H28N2O3/c1-17-12-22-20(14-24(27)29-23(22)13-18(17)2)16-26-10-8-25(9-11-26)15-19-4-6-21(28-3)7-5-19/h4-7,12-14H,8-11,15-16H2,1-3H3. The maximum absolute atomic E-state index is 12.0. The van der Waals surface area contributed by atoms with E-state index in [1.165, 1.54) is 11.1 Å². The molecule has 152 valence electrons. The summed E-state index contributed by atoms with van der Waals surface area (Å²) in [5, 5.41) is 1.05. The van der Waals surface area contributed by atoms with E-state index in [0.717, 1.165) is 61.5 Å². The largest absolute Gasteiger partial charge is 0.497 e. The summed E-state index contributed by atoms with van der Waals surface area (Å²) in [5.41, 5.74) is 5.14. The van der Waals surface area contributed by atoms with Crippen LogP contribution < -0.4 is 10.4 Å². The number of nitrogens with zero attached hydrogens (tertiary/aromatic N) is 2. The van der Waals surface area contributed by atoms with Crippen molar-refractivity contribution >= 4 is 11.0 Å². The van der Waals surface area contributed by atoms with Crippen LogP contribution in [-0.4, -0.2) is 43.1 Å². The van der Waals surface area contributed by atoms with Crippen molar-refractivity contribution in [2.24, 2.45) is 0 Å². The lowest BCUT2D eigenvalue weighted by molar-refractivity contribution is 0.122. The van der Waals surface area contributed by atoms with Gasteiger partial charge in [0.2, 0.25) is 0 Å². The van der Waals surface area contributed by atoms with Gasteiger partial charge >= 0.3 is 5.63 Å². The van der Waals surface area contributed by atoms with Crippen LogP contribution in [0.3, 0.4) is 0 Å². The molecule has 1 aliphatic rings. The van der Waals surface area contributed by atoms with Crippen molar-refractivity contribution in [2.75, 3.05) is 33.3 Å². The van der Waals surface area contributed by atoms with Crippen LogP contribution in [0.2, 0.25) is 0 Å². The highest BCUT2D eigenvalue weighted by molar-refractivity contribution is 5.81. The third kappa shape index (κ3) is 4.52. The van der Waals surface area contributed by atoms with Gasteiger partial charge in [-0.25, -0.2) is 4.79 Å². The van der Waals surface area contributed by atoms with Crippen molar-refractivity contribution in [1.29, 1.82) is 0 Å². The van der Waals surface area contributed by atoms with Crippen molar-refractivity contribution in [3.63, 3.8) is 0 Å². The minimum atomic E-state index is -0.270. The van der Waals surface area contributed by atoms with Crippen LogP contribution in [-0.2, 0) is 13.1 Å². The Kier molecular flexibility index (Phi) is 5.69. The highest BCUT2D eigenvalue weighted by Crippen LogP contribution is 2.23. The van der Waals surface area contributed by atoms with E-state index in [-0.39, 0.29) is 5.63 Å². The monoisotopic (exact) mass is 392 g/mol. The van der Waals surface area contributed by atoms with Crippen LogP contribution >= 0.6 is 0 Å². The third-order valence-electron chi connectivity index (χ3n) is 5.87. The van der Waals surface area contributed by atoms with E-state index in [1.54, 1.807) is 13.2 Å². The smallest absolute Gasteiger partial charge is 0.336 e. The van der Waals surface area contributed by atoms with Gasteiger partial charge in [0.1, 0.15) is 11.3 Å². The van der Waals surface area contributed by atoms with E-state index in [4.69, 9.17) is 9.15 Å². The summed E-state index contributed by atoms with van der Waals surface area (Å²) in [4.78, 5) is 16.9. The second-order valence-electron chi connectivity index (χ2n) is 7.92. The Labute approximate surface area is 171 Å². The molecule has 5 nitrogen and oxygen atoms in total. The second-order valence-corrected chi connectivity index (χ2v) is 7.92. The summed E-state index contributed by atoms with van der Waals surface area (Å²) in [6, 6.07) is 14.1. The zero-order valence-electron chi connectivity index (χ0n) is 17.4. The summed E-state index contributed by atoms with van der Waals surface area (Å²) in [6.07, 6.45) is 0. The number of fused-ring (bicyclic) bond motifs is 1. The van der Waals surface area contributed by atoms with Crippen molar-refractivity contribution in [3.8, 4) is 5.75 Å². The van der Waals surface area contributed by atoms with E-state index in [9.17, 15) is 4.79 Å². The molecule has 0 N–H and O–H groups in total. The fourth-order valence-electron chi connectivity index (χ4n) is 3.95. The quantitative estimate of drug-likeness (QED) is 0.619. The van der Waals surface area contributed by atoms with E-state index in [1.807, 2.05) is 25.1 Å². The molecule has 2 aromatic carbocycles. The number of piperazine rings is 1. The average Bonchev–Trinajstić information content (AvgIpc) is 2.71. The summed E-state index contributed by atoms with van der Waals surface area (Å²) >= 11 is 0. The molecule has 0 amide bonds. The van der Waals surface area contributed by atoms with Gasteiger partial charge < -0.3 is 9.15 Å². The number of aryl methyl sites for hydroxylation is 2. The lowest BCUT2D eigenvalue weighted by Crippen LogP contribution is -2.45. The molecule has 0 bridgehead atoms. The lowest BCUT2D eigenvalue weighted by atomic mass is 10.0. The van der Waals surface area contributed by atoms with Crippen molar-refractivity contribution in [1.82, 2.24) is 9.80 Å². The molecule has 29 heavy (non-hydrogen) atoms. The van der Waals surface area contributed by atoms with Crippen LogP contribution in [0.15, 0.2) is 51.7 Å². The Morgan fingerprint density at radius 1 is 0.897 bits per heavy atom. The minimum Gasteiger partial charge on any atom is -0.497 e. The van der Waals surface area contributed by atoms with Gasteiger partial charge in [-0.2, -0.15) is 0 Å². The Morgan fingerprint density at radius 3 is 2.17 bits per heavy atom. The Bertz CT molecular complexity index is 1050. The molecule has 0 atom stereocenters. The van der Waals surface area contributed by atoms with Crippen molar-refractivity contribution in [2.45, 2.75) is 26.9 Å². The molecule has 5 heteroatoms. The number of hydrogen-bond acceptors (Lipinski definition) is 5. The molecule has 0 aliphatic carbocycles. The SMILES string of the molecule is COc1ccc(CN2CCN(Cc3cc(=O)oc4cc(C)c(C)cc34)CC2)cc1. The molecular weight excluding hydrogens is 364 g/mol. The first-order valence-corrected chi connectivity index (χ1v) is 10.1. The zero-order valence-corrected chi connectivity index (χ0v) is 17.4. The Morgan fingerprint density at radius 2 is 1.52 bits per heavy atom. The number of rotatable bonds is 5. The van der Waals surface area contributed by atoms with Crippen molar-refractivity contribution < 1.29 is 9.15 Å². The molecule has 2 heterocycles. The molecule has 0 spiro atoms. The number of methoxy groups -OCH3 is 1. The van der Waals surface area contributed by atoms with Crippen LogP contribution in [0.1, 0.15) is 22.3 Å². The normalized spacial score (nSPS) is 15.7. The summed E-state index contributed by atoms with van der Waals surface area (Å²) < 4.78 is 10.7. The van der Waals surface area contributed by atoms with Gasteiger partial charge in [-0.05, 0) is 60.4 Å². The number of ether oxygens (including phenoxy) is 1. The first kappa shape index (κ1) is 19.7. The summed E-state index contributed by atoms with van der Waals surface area (Å²) in [6.45, 7) is 9.89. The minimum absolute atomic E-state index is 0.270. The van der Waals surface area contributed by atoms with Gasteiger partial charge in [0.25, 0.3) is 0 Å². The fraction of sp³-hybridized carbons (Fsp3) is 0.375. The predicted molar refractivity (Wildman–Crippen MR) is 116 cm³/mol.